The number of para-hydroxylation sites is 1. The molecule has 19 heavy (non-hydrogen) atoms. The molecule has 0 fully saturated rings. The lowest BCUT2D eigenvalue weighted by Crippen LogP contribution is -1.94. The minimum Gasteiger partial charge on any atom is -0.359 e. The van der Waals surface area contributed by atoms with Gasteiger partial charge in [0.2, 0.25) is 0 Å². The van der Waals surface area contributed by atoms with Gasteiger partial charge in [-0.05, 0) is 18.2 Å². The Kier molecular flexibility index (Phi) is 3.02. The number of hydrogen-bond acceptors (Lipinski definition) is 1. The number of aromatic nitrogens is 1. The van der Waals surface area contributed by atoms with Crippen LogP contribution in [0.3, 0.4) is 0 Å². The maximum Gasteiger partial charge on any atom is 0.146 e. The average Bonchev–Trinajstić information content (AvgIpc) is 2.91. The van der Waals surface area contributed by atoms with Crippen LogP contribution in [0.4, 0.5) is 15.8 Å². The molecule has 0 unspecified atom stereocenters. The van der Waals surface area contributed by atoms with E-state index in [0.29, 0.717) is 5.69 Å². The van der Waals surface area contributed by atoms with Gasteiger partial charge in [-0.25, -0.2) is 4.39 Å². The van der Waals surface area contributed by atoms with Crippen LogP contribution in [-0.2, 0) is 0 Å². The Labute approximate surface area is 110 Å². The fourth-order valence-electron chi connectivity index (χ4n) is 2.02. The second kappa shape index (κ2) is 4.98. The first-order valence-corrected chi connectivity index (χ1v) is 6.09. The predicted octanol–water partition coefficient (Wildman–Crippen LogP) is 4.56. The highest BCUT2D eigenvalue weighted by molar-refractivity contribution is 5.78. The average molecular weight is 252 g/mol. The van der Waals surface area contributed by atoms with E-state index in [4.69, 9.17) is 0 Å². The summed E-state index contributed by atoms with van der Waals surface area (Å²) in [4.78, 5) is 3.18. The largest absolute Gasteiger partial charge is 0.359 e. The minimum atomic E-state index is -0.261. The number of rotatable bonds is 3. The molecule has 0 atom stereocenters. The van der Waals surface area contributed by atoms with E-state index >= 15 is 0 Å². The quantitative estimate of drug-likeness (QED) is 0.702. The zero-order valence-electron chi connectivity index (χ0n) is 10.2. The standard InChI is InChI=1S/C16H13FN2/c17-13-8-4-5-9-14(13)19-15-10-11-18-16(15)12-6-2-1-3-7-12/h1-11,18-19H. The van der Waals surface area contributed by atoms with Gasteiger partial charge in [-0.1, -0.05) is 42.5 Å². The molecule has 3 aromatic rings. The maximum absolute atomic E-state index is 13.6. The molecule has 0 saturated carbocycles. The SMILES string of the molecule is Fc1ccccc1Nc1cc[nH]c1-c1ccccc1. The molecule has 0 aliphatic carbocycles. The Morgan fingerprint density at radius 2 is 1.53 bits per heavy atom. The van der Waals surface area contributed by atoms with E-state index in [-0.39, 0.29) is 5.82 Å². The summed E-state index contributed by atoms with van der Waals surface area (Å²) in [5.41, 5.74) is 3.34. The van der Waals surface area contributed by atoms with E-state index in [1.54, 1.807) is 18.2 Å². The number of halogens is 1. The summed E-state index contributed by atoms with van der Waals surface area (Å²) >= 11 is 0. The molecule has 0 spiro atoms. The van der Waals surface area contributed by atoms with Crippen molar-refractivity contribution in [3.05, 3.63) is 72.7 Å². The highest BCUT2D eigenvalue weighted by Gasteiger charge is 2.08. The number of hydrogen-bond donors (Lipinski definition) is 2. The number of benzene rings is 2. The van der Waals surface area contributed by atoms with Gasteiger partial charge in [0.1, 0.15) is 5.82 Å². The molecular weight excluding hydrogens is 239 g/mol. The smallest absolute Gasteiger partial charge is 0.146 e. The molecule has 94 valence electrons. The van der Waals surface area contributed by atoms with Crippen molar-refractivity contribution in [1.82, 2.24) is 4.98 Å². The van der Waals surface area contributed by atoms with Crippen molar-refractivity contribution in [1.29, 1.82) is 0 Å². The molecule has 2 aromatic carbocycles. The molecule has 2 N–H and O–H groups in total. The lowest BCUT2D eigenvalue weighted by atomic mass is 10.1. The van der Waals surface area contributed by atoms with Gasteiger partial charge in [-0.2, -0.15) is 0 Å². The molecule has 0 aliphatic heterocycles. The van der Waals surface area contributed by atoms with Crippen molar-refractivity contribution in [2.45, 2.75) is 0 Å². The van der Waals surface area contributed by atoms with Crippen molar-refractivity contribution >= 4 is 11.4 Å². The van der Waals surface area contributed by atoms with Crippen molar-refractivity contribution in [2.24, 2.45) is 0 Å². The molecule has 2 nitrogen and oxygen atoms in total. The monoisotopic (exact) mass is 252 g/mol. The molecule has 0 radical (unpaired) electrons. The molecule has 3 rings (SSSR count). The van der Waals surface area contributed by atoms with E-state index < -0.39 is 0 Å². The normalized spacial score (nSPS) is 10.4. The molecule has 1 heterocycles. The summed E-state index contributed by atoms with van der Waals surface area (Å²) in [6.07, 6.45) is 1.84. The summed E-state index contributed by atoms with van der Waals surface area (Å²) < 4.78 is 13.6. The first-order valence-electron chi connectivity index (χ1n) is 6.09. The fourth-order valence-corrected chi connectivity index (χ4v) is 2.02. The summed E-state index contributed by atoms with van der Waals surface area (Å²) in [6, 6.07) is 18.5. The van der Waals surface area contributed by atoms with Crippen LogP contribution < -0.4 is 5.32 Å². The molecule has 0 amide bonds. The van der Waals surface area contributed by atoms with Crippen molar-refractivity contribution in [2.75, 3.05) is 5.32 Å². The van der Waals surface area contributed by atoms with E-state index in [1.165, 1.54) is 6.07 Å². The molecule has 0 bridgehead atoms. The number of nitrogens with one attached hydrogen (secondary N) is 2. The number of aromatic amines is 1. The van der Waals surface area contributed by atoms with Crippen LogP contribution in [0.5, 0.6) is 0 Å². The van der Waals surface area contributed by atoms with Crippen molar-refractivity contribution < 1.29 is 4.39 Å². The van der Waals surface area contributed by atoms with E-state index in [9.17, 15) is 4.39 Å². The molecular formula is C16H13FN2. The van der Waals surface area contributed by atoms with Crippen LogP contribution in [0.1, 0.15) is 0 Å². The van der Waals surface area contributed by atoms with Crippen LogP contribution in [-0.4, -0.2) is 4.98 Å². The first-order chi connectivity index (χ1) is 9.34. The number of anilines is 2. The van der Waals surface area contributed by atoms with Crippen molar-refractivity contribution in [3.63, 3.8) is 0 Å². The zero-order chi connectivity index (χ0) is 13.1. The molecule has 1 aromatic heterocycles. The Morgan fingerprint density at radius 3 is 2.32 bits per heavy atom. The predicted molar refractivity (Wildman–Crippen MR) is 75.9 cm³/mol. The van der Waals surface area contributed by atoms with Gasteiger partial charge in [-0.15, -0.1) is 0 Å². The zero-order valence-corrected chi connectivity index (χ0v) is 10.2. The van der Waals surface area contributed by atoms with Gasteiger partial charge in [0, 0.05) is 11.8 Å². The Bertz CT molecular complexity index is 674. The van der Waals surface area contributed by atoms with E-state index in [1.807, 2.05) is 42.6 Å². The molecule has 0 saturated heterocycles. The van der Waals surface area contributed by atoms with Gasteiger partial charge < -0.3 is 10.3 Å². The summed E-state index contributed by atoms with van der Waals surface area (Å²) in [6.45, 7) is 0. The third-order valence-electron chi connectivity index (χ3n) is 2.95. The van der Waals surface area contributed by atoms with Gasteiger partial charge in [0.05, 0.1) is 17.1 Å². The summed E-state index contributed by atoms with van der Waals surface area (Å²) in [5, 5.41) is 3.11. The van der Waals surface area contributed by atoms with Crippen LogP contribution >= 0.6 is 0 Å². The second-order valence-electron chi connectivity index (χ2n) is 4.24. The third kappa shape index (κ3) is 2.36. The lowest BCUT2D eigenvalue weighted by molar-refractivity contribution is 0.632. The Balaban J connectivity index is 1.96. The van der Waals surface area contributed by atoms with Crippen LogP contribution in [0.25, 0.3) is 11.3 Å². The van der Waals surface area contributed by atoms with Crippen LogP contribution in [0, 0.1) is 5.82 Å². The third-order valence-corrected chi connectivity index (χ3v) is 2.95. The highest BCUT2D eigenvalue weighted by atomic mass is 19.1. The van der Waals surface area contributed by atoms with Gasteiger partial charge >= 0.3 is 0 Å². The van der Waals surface area contributed by atoms with E-state index in [2.05, 4.69) is 10.3 Å². The van der Waals surface area contributed by atoms with Gasteiger partial charge in [0.25, 0.3) is 0 Å². The second-order valence-corrected chi connectivity index (χ2v) is 4.24. The summed E-state index contributed by atoms with van der Waals surface area (Å²) in [5.74, 6) is -0.261. The van der Waals surface area contributed by atoms with Crippen molar-refractivity contribution in [3.8, 4) is 11.3 Å². The lowest BCUT2D eigenvalue weighted by Gasteiger charge is -2.08. The number of H-pyrrole nitrogens is 1. The molecule has 0 aliphatic rings. The Morgan fingerprint density at radius 1 is 0.789 bits per heavy atom. The fraction of sp³-hybridized carbons (Fsp3) is 0. The summed E-state index contributed by atoms with van der Waals surface area (Å²) in [7, 11) is 0. The van der Waals surface area contributed by atoms with Crippen LogP contribution in [0.2, 0.25) is 0 Å². The Hall–Kier alpha value is -2.55. The van der Waals surface area contributed by atoms with E-state index in [0.717, 1.165) is 16.9 Å². The molecule has 3 heteroatoms. The highest BCUT2D eigenvalue weighted by Crippen LogP contribution is 2.29. The topological polar surface area (TPSA) is 27.8 Å². The van der Waals surface area contributed by atoms with Gasteiger partial charge in [0.15, 0.2) is 0 Å². The minimum absolute atomic E-state index is 0.261. The van der Waals surface area contributed by atoms with Gasteiger partial charge in [-0.3, -0.25) is 0 Å². The first kappa shape index (κ1) is 11.5. The van der Waals surface area contributed by atoms with Crippen LogP contribution in [0.15, 0.2) is 66.9 Å². The maximum atomic E-state index is 13.6.